The van der Waals surface area contributed by atoms with Crippen LogP contribution in [0.15, 0.2) is 45.1 Å². The molecule has 1 atom stereocenters. The third-order valence-electron chi connectivity index (χ3n) is 3.01. The Morgan fingerprint density at radius 2 is 2.19 bits per heavy atom. The topological polar surface area (TPSA) is 12.0 Å². The number of hydrogen-bond acceptors (Lipinski definition) is 3. The minimum absolute atomic E-state index is 0.486. The van der Waals surface area contributed by atoms with Gasteiger partial charge in [-0.1, -0.05) is 24.6 Å². The second kappa shape index (κ2) is 9.21. The van der Waals surface area contributed by atoms with Crippen LogP contribution in [0.3, 0.4) is 0 Å². The van der Waals surface area contributed by atoms with Gasteiger partial charge in [0.05, 0.1) is 3.79 Å². The first-order chi connectivity index (χ1) is 10.2. The Hall–Kier alpha value is -0.0000000000000000833. The van der Waals surface area contributed by atoms with Crippen molar-refractivity contribution in [2.75, 3.05) is 12.3 Å². The molecule has 2 aromatic rings. The number of halogens is 2. The van der Waals surface area contributed by atoms with Crippen molar-refractivity contribution in [2.24, 2.45) is 0 Å². The maximum absolute atomic E-state index is 6.04. The Balaban J connectivity index is 1.92. The van der Waals surface area contributed by atoms with E-state index in [9.17, 15) is 0 Å². The Labute approximate surface area is 148 Å². The molecule has 0 saturated heterocycles. The highest BCUT2D eigenvalue weighted by Crippen LogP contribution is 2.26. The van der Waals surface area contributed by atoms with E-state index in [1.54, 1.807) is 0 Å². The summed E-state index contributed by atoms with van der Waals surface area (Å²) in [6, 6.07) is 12.9. The summed E-state index contributed by atoms with van der Waals surface area (Å²) in [5.41, 5.74) is 0. The largest absolute Gasteiger partial charge is 0.313 e. The van der Waals surface area contributed by atoms with E-state index in [-0.39, 0.29) is 0 Å². The van der Waals surface area contributed by atoms with E-state index in [0.717, 1.165) is 30.2 Å². The van der Waals surface area contributed by atoms with Gasteiger partial charge >= 0.3 is 0 Å². The predicted molar refractivity (Wildman–Crippen MR) is 100.0 cm³/mol. The van der Waals surface area contributed by atoms with Crippen LogP contribution in [0.2, 0.25) is 5.02 Å². The van der Waals surface area contributed by atoms with E-state index < -0.39 is 0 Å². The van der Waals surface area contributed by atoms with Crippen molar-refractivity contribution in [3.05, 3.63) is 50.1 Å². The van der Waals surface area contributed by atoms with Crippen molar-refractivity contribution in [2.45, 2.75) is 30.7 Å². The second-order valence-electron chi connectivity index (χ2n) is 4.83. The molecule has 1 aromatic heterocycles. The Morgan fingerprint density at radius 3 is 2.86 bits per heavy atom. The van der Waals surface area contributed by atoms with Gasteiger partial charge in [0.15, 0.2) is 0 Å². The van der Waals surface area contributed by atoms with Crippen LogP contribution in [0.5, 0.6) is 0 Å². The quantitative estimate of drug-likeness (QED) is 0.552. The molecule has 0 radical (unpaired) electrons. The highest BCUT2D eigenvalue weighted by molar-refractivity contribution is 9.11. The Bertz CT molecular complexity index is 559. The maximum atomic E-state index is 6.04. The molecular weight excluding hydrogens is 386 g/mol. The molecule has 1 aromatic carbocycles. The molecule has 1 unspecified atom stereocenters. The van der Waals surface area contributed by atoms with Crippen LogP contribution in [0, 0.1) is 0 Å². The standard InChI is InChI=1S/C16H19BrClNS2/c1-2-8-19-13(10-15-6-7-16(17)21-15)11-20-14-5-3-4-12(18)9-14/h3-7,9,13,19H,2,8,10-11H2,1H3. The molecule has 0 saturated carbocycles. The first-order valence-corrected chi connectivity index (χ1v) is 10.0. The van der Waals surface area contributed by atoms with Crippen LogP contribution < -0.4 is 5.32 Å². The maximum Gasteiger partial charge on any atom is 0.0701 e. The van der Waals surface area contributed by atoms with Crippen molar-refractivity contribution < 1.29 is 0 Å². The molecule has 114 valence electrons. The van der Waals surface area contributed by atoms with E-state index in [1.807, 2.05) is 41.3 Å². The third-order valence-corrected chi connectivity index (χ3v) is 6.04. The number of nitrogens with one attached hydrogen (secondary N) is 1. The van der Waals surface area contributed by atoms with Gasteiger partial charge in [0.2, 0.25) is 0 Å². The average molecular weight is 405 g/mol. The van der Waals surface area contributed by atoms with Gasteiger partial charge in [0, 0.05) is 26.6 Å². The van der Waals surface area contributed by atoms with Crippen LogP contribution in [-0.2, 0) is 6.42 Å². The lowest BCUT2D eigenvalue weighted by Crippen LogP contribution is -2.33. The van der Waals surface area contributed by atoms with Gasteiger partial charge in [-0.15, -0.1) is 23.1 Å². The van der Waals surface area contributed by atoms with E-state index in [0.29, 0.717) is 6.04 Å². The highest BCUT2D eigenvalue weighted by Gasteiger charge is 2.11. The fraction of sp³-hybridized carbons (Fsp3) is 0.375. The zero-order valence-corrected chi connectivity index (χ0v) is 15.9. The molecule has 5 heteroatoms. The van der Waals surface area contributed by atoms with Crippen LogP contribution >= 0.6 is 50.6 Å². The molecule has 0 fully saturated rings. The van der Waals surface area contributed by atoms with Gasteiger partial charge in [0.1, 0.15) is 0 Å². The fourth-order valence-corrected chi connectivity index (χ4v) is 4.83. The van der Waals surface area contributed by atoms with E-state index in [1.165, 1.54) is 13.6 Å². The summed E-state index contributed by atoms with van der Waals surface area (Å²) < 4.78 is 1.20. The van der Waals surface area contributed by atoms with Crippen molar-refractivity contribution in [3.8, 4) is 0 Å². The van der Waals surface area contributed by atoms with E-state index >= 15 is 0 Å². The average Bonchev–Trinajstić information content (AvgIpc) is 2.87. The van der Waals surface area contributed by atoms with Crippen molar-refractivity contribution in [1.29, 1.82) is 0 Å². The van der Waals surface area contributed by atoms with Crippen LogP contribution in [0.1, 0.15) is 18.2 Å². The van der Waals surface area contributed by atoms with Gasteiger partial charge in [0.25, 0.3) is 0 Å². The summed E-state index contributed by atoms with van der Waals surface area (Å²) in [6.07, 6.45) is 2.23. The summed E-state index contributed by atoms with van der Waals surface area (Å²) in [5.74, 6) is 1.05. The van der Waals surface area contributed by atoms with Crippen LogP contribution in [0.25, 0.3) is 0 Å². The monoisotopic (exact) mass is 403 g/mol. The zero-order valence-electron chi connectivity index (χ0n) is 11.9. The zero-order chi connectivity index (χ0) is 15.1. The molecular formula is C16H19BrClNS2. The molecule has 0 aliphatic heterocycles. The minimum Gasteiger partial charge on any atom is -0.313 e. The number of rotatable bonds is 8. The van der Waals surface area contributed by atoms with Gasteiger partial charge < -0.3 is 5.32 Å². The SMILES string of the molecule is CCCNC(CSc1cccc(Cl)c1)Cc1ccc(Br)s1. The van der Waals surface area contributed by atoms with Gasteiger partial charge in [-0.25, -0.2) is 0 Å². The first-order valence-electron chi connectivity index (χ1n) is 7.03. The molecule has 0 aliphatic carbocycles. The first kappa shape index (κ1) is 17.4. The van der Waals surface area contributed by atoms with Crippen molar-refractivity contribution in [3.63, 3.8) is 0 Å². The van der Waals surface area contributed by atoms with E-state index in [4.69, 9.17) is 11.6 Å². The van der Waals surface area contributed by atoms with E-state index in [2.05, 4.69) is 46.4 Å². The molecule has 1 nitrogen and oxygen atoms in total. The Kier molecular flexibility index (Phi) is 7.61. The molecule has 2 rings (SSSR count). The van der Waals surface area contributed by atoms with Crippen molar-refractivity contribution in [1.82, 2.24) is 5.32 Å². The number of benzene rings is 1. The number of thiophene rings is 1. The smallest absolute Gasteiger partial charge is 0.0701 e. The molecule has 0 bridgehead atoms. The van der Waals surface area contributed by atoms with Gasteiger partial charge in [-0.05, 0) is 65.6 Å². The molecule has 1 N–H and O–H groups in total. The summed E-state index contributed by atoms with van der Waals surface area (Å²) in [4.78, 5) is 2.65. The molecule has 1 heterocycles. The lowest BCUT2D eigenvalue weighted by molar-refractivity contribution is 0.553. The minimum atomic E-state index is 0.486. The summed E-state index contributed by atoms with van der Waals surface area (Å²) in [5, 5.41) is 4.46. The van der Waals surface area contributed by atoms with Crippen LogP contribution in [-0.4, -0.2) is 18.3 Å². The summed E-state index contributed by atoms with van der Waals surface area (Å²) in [6.45, 7) is 3.27. The van der Waals surface area contributed by atoms with Crippen molar-refractivity contribution >= 4 is 50.6 Å². The lowest BCUT2D eigenvalue weighted by atomic mass is 10.2. The predicted octanol–water partition coefficient (Wildman–Crippen LogP) is 5.87. The lowest BCUT2D eigenvalue weighted by Gasteiger charge is -2.17. The summed E-state index contributed by atoms with van der Waals surface area (Å²) >= 11 is 13.3. The normalized spacial score (nSPS) is 12.5. The molecule has 0 spiro atoms. The molecule has 21 heavy (non-hydrogen) atoms. The van der Waals surface area contributed by atoms with Gasteiger partial charge in [-0.3, -0.25) is 0 Å². The third kappa shape index (κ3) is 6.33. The highest BCUT2D eigenvalue weighted by atomic mass is 79.9. The van der Waals surface area contributed by atoms with Gasteiger partial charge in [-0.2, -0.15) is 0 Å². The molecule has 0 amide bonds. The second-order valence-corrected chi connectivity index (χ2v) is 8.91. The Morgan fingerprint density at radius 1 is 1.33 bits per heavy atom. The molecule has 0 aliphatic rings. The number of thioether (sulfide) groups is 1. The number of hydrogen-bond donors (Lipinski definition) is 1. The van der Waals surface area contributed by atoms with Crippen LogP contribution in [0.4, 0.5) is 0 Å². The fourth-order valence-electron chi connectivity index (χ4n) is 2.00. The summed E-state index contributed by atoms with van der Waals surface area (Å²) in [7, 11) is 0.